The van der Waals surface area contributed by atoms with Crippen LogP contribution in [-0.2, 0) is 11.2 Å². The molecule has 0 aliphatic carbocycles. The Labute approximate surface area is 90.7 Å². The van der Waals surface area contributed by atoms with E-state index in [1.54, 1.807) is 0 Å². The summed E-state index contributed by atoms with van der Waals surface area (Å²) in [4.78, 5) is 11.5. The van der Waals surface area contributed by atoms with Crippen LogP contribution in [0.15, 0.2) is 30.3 Å². The standard InChI is InChI=1S/C12H18N2O/c1-2-8-14-12(15)11(13)9-10-6-4-3-5-7-10/h3-7,11H,2,8-9,13H2,1H3,(H,14,15)/t11-/m0/s1. The summed E-state index contributed by atoms with van der Waals surface area (Å²) >= 11 is 0. The summed E-state index contributed by atoms with van der Waals surface area (Å²) in [5.41, 5.74) is 6.87. The lowest BCUT2D eigenvalue weighted by Gasteiger charge is -2.11. The van der Waals surface area contributed by atoms with Crippen LogP contribution in [-0.4, -0.2) is 18.5 Å². The lowest BCUT2D eigenvalue weighted by Crippen LogP contribution is -2.42. The summed E-state index contributed by atoms with van der Waals surface area (Å²) in [5, 5.41) is 2.79. The number of hydrogen-bond acceptors (Lipinski definition) is 2. The van der Waals surface area contributed by atoms with E-state index in [1.807, 2.05) is 37.3 Å². The summed E-state index contributed by atoms with van der Waals surface area (Å²) in [6.45, 7) is 2.71. The molecule has 0 aromatic heterocycles. The Morgan fingerprint density at radius 3 is 2.67 bits per heavy atom. The molecule has 3 N–H and O–H groups in total. The molecule has 3 heteroatoms. The van der Waals surface area contributed by atoms with E-state index < -0.39 is 6.04 Å². The molecule has 0 bridgehead atoms. The number of hydrogen-bond donors (Lipinski definition) is 2. The van der Waals surface area contributed by atoms with Crippen LogP contribution < -0.4 is 11.1 Å². The summed E-state index contributed by atoms with van der Waals surface area (Å²) in [6.07, 6.45) is 1.53. The molecule has 0 saturated heterocycles. The van der Waals surface area contributed by atoms with Crippen LogP contribution in [0.25, 0.3) is 0 Å². The first kappa shape index (κ1) is 11.7. The van der Waals surface area contributed by atoms with Crippen molar-refractivity contribution >= 4 is 5.91 Å². The molecule has 1 aromatic rings. The van der Waals surface area contributed by atoms with Crippen molar-refractivity contribution < 1.29 is 4.79 Å². The second-order valence-electron chi connectivity index (χ2n) is 3.59. The molecule has 0 fully saturated rings. The van der Waals surface area contributed by atoms with Crippen LogP contribution in [0.2, 0.25) is 0 Å². The Bertz CT molecular complexity index is 298. The normalized spacial score (nSPS) is 12.1. The highest BCUT2D eigenvalue weighted by Gasteiger charge is 2.12. The number of amides is 1. The average Bonchev–Trinajstić information content (AvgIpc) is 2.27. The van der Waals surface area contributed by atoms with Crippen LogP contribution in [0.1, 0.15) is 18.9 Å². The fourth-order valence-electron chi connectivity index (χ4n) is 1.34. The van der Waals surface area contributed by atoms with Gasteiger partial charge < -0.3 is 11.1 Å². The molecular formula is C12H18N2O. The Hall–Kier alpha value is -1.35. The molecule has 1 amide bonds. The van der Waals surface area contributed by atoms with Gasteiger partial charge in [0.25, 0.3) is 0 Å². The molecular weight excluding hydrogens is 188 g/mol. The molecule has 0 aliphatic rings. The Balaban J connectivity index is 2.41. The number of nitrogens with two attached hydrogens (primary N) is 1. The first-order valence-electron chi connectivity index (χ1n) is 5.31. The molecule has 0 spiro atoms. The van der Waals surface area contributed by atoms with Crippen LogP contribution in [0.3, 0.4) is 0 Å². The van der Waals surface area contributed by atoms with Gasteiger partial charge in [-0.15, -0.1) is 0 Å². The van der Waals surface area contributed by atoms with Crippen molar-refractivity contribution in [2.24, 2.45) is 5.73 Å². The summed E-state index contributed by atoms with van der Waals surface area (Å²) in [5.74, 6) is -0.0688. The van der Waals surface area contributed by atoms with Crippen molar-refractivity contribution in [3.05, 3.63) is 35.9 Å². The minimum atomic E-state index is -0.445. The number of benzene rings is 1. The molecule has 0 heterocycles. The quantitative estimate of drug-likeness (QED) is 0.757. The fraction of sp³-hybridized carbons (Fsp3) is 0.417. The highest BCUT2D eigenvalue weighted by atomic mass is 16.2. The molecule has 0 unspecified atom stereocenters. The minimum absolute atomic E-state index is 0.0688. The third-order valence-corrected chi connectivity index (χ3v) is 2.18. The van der Waals surface area contributed by atoms with Gasteiger partial charge >= 0.3 is 0 Å². The molecule has 82 valence electrons. The van der Waals surface area contributed by atoms with Gasteiger partial charge in [-0.1, -0.05) is 37.3 Å². The molecule has 1 atom stereocenters. The number of nitrogens with one attached hydrogen (secondary N) is 1. The van der Waals surface area contributed by atoms with Gasteiger partial charge in [0.15, 0.2) is 0 Å². The average molecular weight is 206 g/mol. The van der Waals surface area contributed by atoms with Crippen LogP contribution in [0, 0.1) is 0 Å². The van der Waals surface area contributed by atoms with Gasteiger partial charge in [-0.25, -0.2) is 0 Å². The summed E-state index contributed by atoms with van der Waals surface area (Å²) in [7, 11) is 0. The number of carbonyl (C=O) groups excluding carboxylic acids is 1. The van der Waals surface area contributed by atoms with Gasteiger partial charge in [-0.05, 0) is 18.4 Å². The third kappa shape index (κ3) is 4.13. The summed E-state index contributed by atoms with van der Waals surface area (Å²) < 4.78 is 0. The Morgan fingerprint density at radius 2 is 2.07 bits per heavy atom. The maximum atomic E-state index is 11.5. The summed E-state index contributed by atoms with van der Waals surface area (Å²) in [6, 6.07) is 9.36. The van der Waals surface area contributed by atoms with E-state index in [4.69, 9.17) is 5.73 Å². The van der Waals surface area contributed by atoms with Crippen molar-refractivity contribution in [3.63, 3.8) is 0 Å². The van der Waals surface area contributed by atoms with E-state index in [0.717, 1.165) is 12.0 Å². The maximum Gasteiger partial charge on any atom is 0.237 e. The molecule has 1 aromatic carbocycles. The zero-order valence-electron chi connectivity index (χ0n) is 9.07. The van der Waals surface area contributed by atoms with Gasteiger partial charge in [0.05, 0.1) is 6.04 Å². The van der Waals surface area contributed by atoms with E-state index >= 15 is 0 Å². The highest BCUT2D eigenvalue weighted by molar-refractivity contribution is 5.81. The topological polar surface area (TPSA) is 55.1 Å². The Kier molecular flexibility index (Phi) is 4.84. The molecule has 1 rings (SSSR count). The number of rotatable bonds is 5. The van der Waals surface area contributed by atoms with Crippen molar-refractivity contribution in [1.29, 1.82) is 0 Å². The Morgan fingerprint density at radius 1 is 1.40 bits per heavy atom. The van der Waals surface area contributed by atoms with Crippen molar-refractivity contribution in [2.45, 2.75) is 25.8 Å². The van der Waals surface area contributed by atoms with E-state index in [2.05, 4.69) is 5.32 Å². The van der Waals surface area contributed by atoms with Crippen molar-refractivity contribution in [3.8, 4) is 0 Å². The first-order chi connectivity index (χ1) is 7.24. The van der Waals surface area contributed by atoms with Crippen molar-refractivity contribution in [2.75, 3.05) is 6.54 Å². The first-order valence-corrected chi connectivity index (χ1v) is 5.31. The smallest absolute Gasteiger partial charge is 0.237 e. The second-order valence-corrected chi connectivity index (χ2v) is 3.59. The predicted octanol–water partition coefficient (Wildman–Crippen LogP) is 1.08. The third-order valence-electron chi connectivity index (χ3n) is 2.18. The predicted molar refractivity (Wildman–Crippen MR) is 61.4 cm³/mol. The molecule has 3 nitrogen and oxygen atoms in total. The zero-order chi connectivity index (χ0) is 11.1. The monoisotopic (exact) mass is 206 g/mol. The van der Waals surface area contributed by atoms with Gasteiger partial charge in [0.1, 0.15) is 0 Å². The lowest BCUT2D eigenvalue weighted by atomic mass is 10.1. The minimum Gasteiger partial charge on any atom is -0.355 e. The molecule has 0 saturated carbocycles. The van der Waals surface area contributed by atoms with Crippen LogP contribution in [0.5, 0.6) is 0 Å². The van der Waals surface area contributed by atoms with E-state index in [-0.39, 0.29) is 5.91 Å². The SMILES string of the molecule is CCCNC(=O)[C@@H](N)Cc1ccccc1. The van der Waals surface area contributed by atoms with Crippen LogP contribution >= 0.6 is 0 Å². The lowest BCUT2D eigenvalue weighted by molar-refractivity contribution is -0.122. The zero-order valence-corrected chi connectivity index (χ0v) is 9.07. The molecule has 15 heavy (non-hydrogen) atoms. The molecule has 0 aliphatic heterocycles. The van der Waals surface area contributed by atoms with Gasteiger partial charge in [-0.2, -0.15) is 0 Å². The second kappa shape index (κ2) is 6.19. The maximum absolute atomic E-state index is 11.5. The highest BCUT2D eigenvalue weighted by Crippen LogP contribution is 2.01. The van der Waals surface area contributed by atoms with Gasteiger partial charge in [0, 0.05) is 6.54 Å². The van der Waals surface area contributed by atoms with Crippen molar-refractivity contribution in [1.82, 2.24) is 5.32 Å². The number of carbonyl (C=O) groups is 1. The largest absolute Gasteiger partial charge is 0.355 e. The fourth-order valence-corrected chi connectivity index (χ4v) is 1.34. The van der Waals surface area contributed by atoms with E-state index in [1.165, 1.54) is 0 Å². The van der Waals surface area contributed by atoms with Gasteiger partial charge in [-0.3, -0.25) is 4.79 Å². The van der Waals surface area contributed by atoms with E-state index in [0.29, 0.717) is 13.0 Å². The van der Waals surface area contributed by atoms with E-state index in [9.17, 15) is 4.79 Å². The van der Waals surface area contributed by atoms with Crippen LogP contribution in [0.4, 0.5) is 0 Å². The molecule has 0 radical (unpaired) electrons. The van der Waals surface area contributed by atoms with Gasteiger partial charge in [0.2, 0.25) is 5.91 Å².